The van der Waals surface area contributed by atoms with Gasteiger partial charge < -0.3 is 10.0 Å². The van der Waals surface area contributed by atoms with Gasteiger partial charge in [0.25, 0.3) is 0 Å². The lowest BCUT2D eigenvalue weighted by Crippen LogP contribution is -2.47. The highest BCUT2D eigenvalue weighted by atomic mass is 35.5. The van der Waals surface area contributed by atoms with Crippen LogP contribution < -0.4 is 9.80 Å². The Bertz CT molecular complexity index is 1330. The molecule has 0 aliphatic carbocycles. The van der Waals surface area contributed by atoms with E-state index in [0.29, 0.717) is 11.4 Å². The van der Waals surface area contributed by atoms with E-state index in [9.17, 15) is 9.90 Å². The van der Waals surface area contributed by atoms with Crippen LogP contribution in [-0.4, -0.2) is 53.8 Å². The van der Waals surface area contributed by atoms with Gasteiger partial charge in [0, 0.05) is 49.5 Å². The number of piperazine rings is 1. The lowest BCUT2D eigenvalue weighted by Gasteiger charge is -2.36. The zero-order chi connectivity index (χ0) is 24.2. The first kappa shape index (κ1) is 28.3. The van der Waals surface area contributed by atoms with Crippen LogP contribution in [0.15, 0.2) is 84.9 Å². The molecule has 5 rings (SSSR count). The van der Waals surface area contributed by atoms with Gasteiger partial charge >= 0.3 is 6.09 Å². The van der Waals surface area contributed by atoms with Crippen molar-refractivity contribution in [2.75, 3.05) is 42.5 Å². The van der Waals surface area contributed by atoms with Gasteiger partial charge in [0.15, 0.2) is 0 Å². The summed E-state index contributed by atoms with van der Waals surface area (Å²) in [6, 6.07) is 27.7. The smallest absolute Gasteiger partial charge is 0.416 e. The minimum atomic E-state index is -0.983. The number of pyridine rings is 1. The first-order chi connectivity index (χ1) is 17.1. The number of carboxylic acid groups (broad SMARTS) is 1. The molecule has 4 aromatic rings. The van der Waals surface area contributed by atoms with E-state index in [1.807, 2.05) is 55.5 Å². The molecule has 0 radical (unpaired) electrons. The van der Waals surface area contributed by atoms with Gasteiger partial charge in [0.2, 0.25) is 0 Å². The number of hydrogen-bond acceptors (Lipinski definition) is 4. The molecule has 37 heavy (non-hydrogen) atoms. The zero-order valence-corrected chi connectivity index (χ0v) is 22.4. The van der Waals surface area contributed by atoms with E-state index in [-0.39, 0.29) is 24.8 Å². The highest BCUT2D eigenvalue weighted by Crippen LogP contribution is 2.28. The van der Waals surface area contributed by atoms with Crippen molar-refractivity contribution < 1.29 is 9.90 Å². The van der Waals surface area contributed by atoms with Crippen LogP contribution in [0.25, 0.3) is 10.9 Å². The van der Waals surface area contributed by atoms with Gasteiger partial charge in [-0.15, -0.1) is 24.8 Å². The molecule has 1 N–H and O–H groups in total. The predicted octanol–water partition coefficient (Wildman–Crippen LogP) is 6.57. The van der Waals surface area contributed by atoms with Gasteiger partial charge in [-0.3, -0.25) is 9.88 Å². The average Bonchev–Trinajstić information content (AvgIpc) is 2.88. The van der Waals surface area contributed by atoms with Crippen molar-refractivity contribution in [3.8, 4) is 0 Å². The molecule has 1 fully saturated rings. The molecule has 1 aliphatic rings. The van der Waals surface area contributed by atoms with Crippen molar-refractivity contribution in [3.63, 3.8) is 0 Å². The number of para-hydroxylation sites is 1. The third-order valence-corrected chi connectivity index (χ3v) is 6.65. The van der Waals surface area contributed by atoms with E-state index in [1.54, 1.807) is 0 Å². The minimum absolute atomic E-state index is 0. The van der Waals surface area contributed by atoms with Crippen LogP contribution in [0.5, 0.6) is 0 Å². The fraction of sp³-hybridized carbons (Fsp3) is 0.241. The maximum absolute atomic E-state index is 12.0. The van der Waals surface area contributed by atoms with Crippen LogP contribution in [0.3, 0.4) is 0 Å². The van der Waals surface area contributed by atoms with Gasteiger partial charge in [-0.05, 0) is 67.4 Å². The molecule has 1 saturated heterocycles. The molecule has 0 bridgehead atoms. The molecular weight excluding hydrogens is 507 g/mol. The molecule has 194 valence electrons. The molecule has 1 aromatic heterocycles. The number of halogens is 2. The quantitative estimate of drug-likeness (QED) is 0.301. The summed E-state index contributed by atoms with van der Waals surface area (Å²) in [5, 5.41) is 11.0. The van der Waals surface area contributed by atoms with Crippen LogP contribution in [0.4, 0.5) is 21.9 Å². The molecule has 1 aliphatic heterocycles. The summed E-state index contributed by atoms with van der Waals surface area (Å²) < 4.78 is 0. The average molecular weight is 540 g/mol. The number of fused-ring (bicyclic) bond motifs is 1. The third-order valence-electron chi connectivity index (χ3n) is 6.65. The highest BCUT2D eigenvalue weighted by molar-refractivity contribution is 5.95. The van der Waals surface area contributed by atoms with E-state index in [2.05, 4.69) is 51.2 Å². The van der Waals surface area contributed by atoms with Gasteiger partial charge in [0.05, 0.1) is 16.9 Å². The normalized spacial score (nSPS) is 13.5. The number of aryl methyl sites for hydroxylation is 1. The zero-order valence-electron chi connectivity index (χ0n) is 20.8. The second-order valence-electron chi connectivity index (χ2n) is 9.00. The summed E-state index contributed by atoms with van der Waals surface area (Å²) in [4.78, 5) is 22.9. The van der Waals surface area contributed by atoms with Gasteiger partial charge in [-0.25, -0.2) is 9.69 Å². The Morgan fingerprint density at radius 1 is 0.865 bits per heavy atom. The fourth-order valence-electron chi connectivity index (χ4n) is 4.81. The Morgan fingerprint density at radius 2 is 1.57 bits per heavy atom. The van der Waals surface area contributed by atoms with Crippen LogP contribution in [0.1, 0.15) is 11.3 Å². The summed E-state index contributed by atoms with van der Waals surface area (Å²) >= 11 is 0. The molecular formula is C29H32Cl2N4O2. The maximum Gasteiger partial charge on any atom is 0.416 e. The minimum Gasteiger partial charge on any atom is -0.464 e. The summed E-state index contributed by atoms with van der Waals surface area (Å²) in [6.45, 7) is 6.94. The molecule has 1 amide bonds. The topological polar surface area (TPSA) is 59.9 Å². The van der Waals surface area contributed by atoms with Crippen molar-refractivity contribution in [2.45, 2.75) is 13.3 Å². The summed E-state index contributed by atoms with van der Waals surface area (Å²) in [5.74, 6) is 0. The second-order valence-corrected chi connectivity index (χ2v) is 9.00. The van der Waals surface area contributed by atoms with E-state index in [4.69, 9.17) is 0 Å². The Balaban J connectivity index is 0.00000190. The molecule has 0 atom stereocenters. The third kappa shape index (κ3) is 6.52. The second kappa shape index (κ2) is 12.8. The Morgan fingerprint density at radius 3 is 2.30 bits per heavy atom. The Hall–Kier alpha value is -3.32. The van der Waals surface area contributed by atoms with E-state index in [0.717, 1.165) is 55.9 Å². The number of carbonyl (C=O) groups is 1. The lowest BCUT2D eigenvalue weighted by atomic mass is 10.1. The summed E-state index contributed by atoms with van der Waals surface area (Å²) in [7, 11) is 0. The van der Waals surface area contributed by atoms with Crippen molar-refractivity contribution >= 4 is 58.9 Å². The number of anilines is 3. The van der Waals surface area contributed by atoms with E-state index >= 15 is 0 Å². The number of rotatable bonds is 6. The van der Waals surface area contributed by atoms with Crippen molar-refractivity contribution in [2.24, 2.45) is 0 Å². The van der Waals surface area contributed by atoms with Gasteiger partial charge in [-0.2, -0.15) is 0 Å². The molecule has 8 heteroatoms. The fourth-order valence-corrected chi connectivity index (χ4v) is 4.81. The van der Waals surface area contributed by atoms with Crippen LogP contribution in [0, 0.1) is 6.92 Å². The van der Waals surface area contributed by atoms with Crippen molar-refractivity contribution in [1.29, 1.82) is 0 Å². The molecule has 0 spiro atoms. The number of nitrogens with zero attached hydrogens (tertiary/aromatic N) is 4. The SMILES string of the molecule is Cc1ccc2c(N3CCN(CCc4cccc(N(C(=O)O)c5ccccc5)c4)CC3)cccc2n1.Cl.Cl. The van der Waals surface area contributed by atoms with E-state index < -0.39 is 6.09 Å². The monoisotopic (exact) mass is 538 g/mol. The van der Waals surface area contributed by atoms with Crippen LogP contribution in [-0.2, 0) is 6.42 Å². The van der Waals surface area contributed by atoms with Crippen molar-refractivity contribution in [1.82, 2.24) is 9.88 Å². The standard InChI is InChI=1S/C29H30N4O2.2ClH/c1-22-13-14-26-27(30-22)11-6-12-28(26)32-19-17-31(18-20-32)16-15-23-7-5-10-25(21-23)33(29(34)35)24-8-3-2-4-9-24;;/h2-14,21H,15-20H2,1H3,(H,34,35);2*1H. The molecule has 6 nitrogen and oxygen atoms in total. The molecule has 3 aromatic carbocycles. The predicted molar refractivity (Wildman–Crippen MR) is 156 cm³/mol. The summed E-state index contributed by atoms with van der Waals surface area (Å²) in [6.07, 6.45) is -0.101. The largest absolute Gasteiger partial charge is 0.464 e. The first-order valence-electron chi connectivity index (χ1n) is 12.1. The van der Waals surface area contributed by atoms with Crippen LogP contribution in [0.2, 0.25) is 0 Å². The van der Waals surface area contributed by atoms with Crippen molar-refractivity contribution in [3.05, 3.63) is 96.2 Å². The maximum atomic E-state index is 12.0. The number of amides is 1. The number of aromatic nitrogens is 1. The first-order valence-corrected chi connectivity index (χ1v) is 12.1. The molecule has 0 saturated carbocycles. The highest BCUT2D eigenvalue weighted by Gasteiger charge is 2.20. The van der Waals surface area contributed by atoms with Gasteiger partial charge in [-0.1, -0.05) is 36.4 Å². The number of benzene rings is 3. The summed E-state index contributed by atoms with van der Waals surface area (Å²) in [5.41, 5.74) is 5.81. The van der Waals surface area contributed by atoms with Gasteiger partial charge in [0.1, 0.15) is 0 Å². The number of hydrogen-bond donors (Lipinski definition) is 1. The Kier molecular flexibility index (Phi) is 9.75. The van der Waals surface area contributed by atoms with E-state index in [1.165, 1.54) is 16.0 Å². The molecule has 0 unspecified atom stereocenters. The Labute approximate surface area is 230 Å². The lowest BCUT2D eigenvalue weighted by molar-refractivity contribution is 0.205. The van der Waals surface area contributed by atoms with Crippen LogP contribution >= 0.6 is 24.8 Å². The molecule has 2 heterocycles.